The van der Waals surface area contributed by atoms with Crippen molar-refractivity contribution in [3.05, 3.63) is 23.3 Å². The average Bonchev–Trinajstić information content (AvgIpc) is 3.98. The highest BCUT2D eigenvalue weighted by atomic mass is 16.5. The summed E-state index contributed by atoms with van der Waals surface area (Å²) in [7, 11) is 1.67. The molecule has 0 aromatic rings. The van der Waals surface area contributed by atoms with E-state index in [9.17, 15) is 35.1 Å². The number of aldehydes is 1. The van der Waals surface area contributed by atoms with Crippen LogP contribution in [0, 0.1) is 63.1 Å². The Morgan fingerprint density at radius 2 is 1.77 bits per heavy atom. The van der Waals surface area contributed by atoms with Crippen molar-refractivity contribution in [2.75, 3.05) is 33.4 Å². The molecule has 0 radical (unpaired) electrons. The van der Waals surface area contributed by atoms with Gasteiger partial charge in [-0.2, -0.15) is 0 Å². The van der Waals surface area contributed by atoms with Crippen molar-refractivity contribution >= 4 is 12.3 Å². The third-order valence-electron chi connectivity index (χ3n) is 19.5. The summed E-state index contributed by atoms with van der Waals surface area (Å²) in [6, 6.07) is 0. The Labute approximate surface area is 333 Å². The fourth-order valence-electron chi connectivity index (χ4n) is 16.9. The lowest BCUT2D eigenvalue weighted by molar-refractivity contribution is -0.356. The molecule has 14 atom stereocenters. The molecule has 312 valence electrons. The highest BCUT2D eigenvalue weighted by Gasteiger charge is 2.85. The molecule has 7 saturated carbocycles. The van der Waals surface area contributed by atoms with Crippen LogP contribution in [0.15, 0.2) is 23.3 Å². The lowest BCUT2D eigenvalue weighted by Crippen LogP contribution is -2.82. The van der Waals surface area contributed by atoms with Crippen LogP contribution >= 0.6 is 0 Å². The zero-order valence-corrected chi connectivity index (χ0v) is 34.1. The van der Waals surface area contributed by atoms with Gasteiger partial charge < -0.3 is 45.1 Å². The van der Waals surface area contributed by atoms with Crippen molar-refractivity contribution in [3.63, 3.8) is 0 Å². The van der Waals surface area contributed by atoms with Crippen LogP contribution in [0.5, 0.6) is 0 Å². The molecule has 9 aliphatic rings. The number of hydrogen-bond acceptors (Lipinski definition) is 10. The Hall–Kier alpha value is -1.66. The summed E-state index contributed by atoms with van der Waals surface area (Å²) in [5, 5.41) is 69.3. The number of methoxy groups -OCH3 is 1. The van der Waals surface area contributed by atoms with E-state index in [-0.39, 0.29) is 25.4 Å². The van der Waals surface area contributed by atoms with Crippen molar-refractivity contribution in [2.24, 2.45) is 63.1 Å². The maximum atomic E-state index is 14.4. The smallest absolute Gasteiger partial charge is 0.331 e. The largest absolute Gasteiger partial charge is 0.450 e. The second kappa shape index (κ2) is 13.7. The third kappa shape index (κ3) is 4.87. The first kappa shape index (κ1) is 39.8. The van der Waals surface area contributed by atoms with Crippen molar-refractivity contribution in [1.29, 1.82) is 0 Å². The summed E-state index contributed by atoms with van der Waals surface area (Å²) >= 11 is 0. The van der Waals surface area contributed by atoms with Crippen molar-refractivity contribution in [3.8, 4) is 0 Å². The normalized spacial score (nSPS) is 49.5. The molecule has 8 aliphatic carbocycles. The molecule has 7 fully saturated rings. The van der Waals surface area contributed by atoms with E-state index in [1.54, 1.807) is 7.11 Å². The molecule has 1 heterocycles. The van der Waals surface area contributed by atoms with Gasteiger partial charge in [0.05, 0.1) is 29.3 Å². The molecule has 0 aromatic carbocycles. The molecule has 0 aromatic heterocycles. The number of esters is 1. The molecule has 56 heavy (non-hydrogen) atoms. The second-order valence-electron chi connectivity index (χ2n) is 21.0. The monoisotopic (exact) mass is 779 g/mol. The molecular formula is C46H69NO9. The standard InChI is InChI=1S/C46H69NO9/c1-28(29-9-4-5-10-29)30-11-12-34-39(51)41(14-6-7-15-41)25-42(26-48)36-13-16-40(2)43(27-49)32(23-45(40,53)44(36,52)22-33(19-30)46(34,42)54)20-31(24-47-17-8-18-55-3)38-35(43)21-37(50)56-38/h20-21,26,28-30,32-34,36,38-39,47,49,51-54H,4-19,22-25,27H2,1-3H3. The van der Waals surface area contributed by atoms with Crippen LogP contribution in [0.25, 0.3) is 0 Å². The predicted octanol–water partition coefficient (Wildman–Crippen LogP) is 4.79. The molecule has 6 N–H and O–H groups in total. The summed E-state index contributed by atoms with van der Waals surface area (Å²) in [6.45, 7) is 5.83. The van der Waals surface area contributed by atoms with Gasteiger partial charge >= 0.3 is 5.97 Å². The first-order valence-corrected chi connectivity index (χ1v) is 22.5. The number of rotatable bonds is 10. The number of aliphatic hydroxyl groups excluding tert-OH is 2. The van der Waals surface area contributed by atoms with Crippen molar-refractivity contribution in [2.45, 2.75) is 152 Å². The number of aliphatic hydroxyl groups is 5. The molecule has 14 unspecified atom stereocenters. The number of carbonyl (C=O) groups excluding carboxylic acids is 2. The summed E-state index contributed by atoms with van der Waals surface area (Å²) < 4.78 is 11.2. The van der Waals surface area contributed by atoms with Crippen molar-refractivity contribution < 1.29 is 44.6 Å². The molecule has 0 saturated heterocycles. The van der Waals surface area contributed by atoms with Crippen LogP contribution < -0.4 is 5.32 Å². The Bertz CT molecular complexity index is 1630. The fraction of sp³-hybridized carbons (Fsp3) is 0.870. The molecule has 0 amide bonds. The van der Waals surface area contributed by atoms with E-state index >= 15 is 0 Å². The Morgan fingerprint density at radius 1 is 1.02 bits per heavy atom. The van der Waals surface area contributed by atoms with Gasteiger partial charge in [-0.05, 0) is 123 Å². The van der Waals surface area contributed by atoms with Gasteiger partial charge in [0.25, 0.3) is 0 Å². The zero-order chi connectivity index (χ0) is 39.5. The molecule has 9 rings (SSSR count). The number of allylic oxidation sites excluding steroid dienone is 1. The van der Waals surface area contributed by atoms with Gasteiger partial charge in [-0.3, -0.25) is 0 Å². The van der Waals surface area contributed by atoms with E-state index in [2.05, 4.69) is 18.3 Å². The fourth-order valence-corrected chi connectivity index (χ4v) is 16.9. The van der Waals surface area contributed by atoms with E-state index in [0.717, 1.165) is 50.4 Å². The Kier molecular flexibility index (Phi) is 9.72. The lowest BCUT2D eigenvalue weighted by Gasteiger charge is -2.73. The second-order valence-corrected chi connectivity index (χ2v) is 21.0. The van der Waals surface area contributed by atoms with Gasteiger partial charge in [-0.1, -0.05) is 58.4 Å². The maximum Gasteiger partial charge on any atom is 0.331 e. The molecule has 1 aliphatic heterocycles. The summed E-state index contributed by atoms with van der Waals surface area (Å²) in [5.41, 5.74) is -7.56. The Balaban J connectivity index is 1.17. The minimum absolute atomic E-state index is 0.129. The van der Waals surface area contributed by atoms with Crippen LogP contribution in [-0.2, 0) is 19.1 Å². The lowest BCUT2D eigenvalue weighted by atomic mass is 9.33. The van der Waals surface area contributed by atoms with Crippen molar-refractivity contribution in [1.82, 2.24) is 5.32 Å². The zero-order valence-electron chi connectivity index (χ0n) is 34.1. The van der Waals surface area contributed by atoms with Gasteiger partial charge in [-0.15, -0.1) is 0 Å². The first-order valence-electron chi connectivity index (χ1n) is 22.5. The van der Waals surface area contributed by atoms with Crippen LogP contribution in [0.1, 0.15) is 123 Å². The average molecular weight is 780 g/mol. The highest BCUT2D eigenvalue weighted by molar-refractivity contribution is 5.87. The van der Waals surface area contributed by atoms with Gasteiger partial charge in [0, 0.05) is 49.0 Å². The minimum atomic E-state index is -1.78. The van der Waals surface area contributed by atoms with Gasteiger partial charge in [0.15, 0.2) is 0 Å². The number of ether oxygens (including phenoxy) is 2. The number of carbonyl (C=O) groups is 2. The third-order valence-corrected chi connectivity index (χ3v) is 19.5. The van der Waals surface area contributed by atoms with Gasteiger partial charge in [-0.25, -0.2) is 4.79 Å². The molecule has 10 heteroatoms. The van der Waals surface area contributed by atoms with Crippen LogP contribution in [0.3, 0.4) is 0 Å². The van der Waals surface area contributed by atoms with Gasteiger partial charge in [0.2, 0.25) is 0 Å². The minimum Gasteiger partial charge on any atom is -0.450 e. The van der Waals surface area contributed by atoms with E-state index in [1.165, 1.54) is 31.8 Å². The Morgan fingerprint density at radius 3 is 2.46 bits per heavy atom. The maximum absolute atomic E-state index is 14.4. The van der Waals surface area contributed by atoms with Crippen LogP contribution in [-0.4, -0.2) is 100 Å². The van der Waals surface area contributed by atoms with Crippen LogP contribution in [0.2, 0.25) is 0 Å². The topological polar surface area (TPSA) is 166 Å². The highest BCUT2D eigenvalue weighted by Crippen LogP contribution is 2.80. The molecule has 10 nitrogen and oxygen atoms in total. The summed E-state index contributed by atoms with van der Waals surface area (Å²) in [4.78, 5) is 27.6. The first-order chi connectivity index (χ1) is 26.8. The quantitative estimate of drug-likeness (QED) is 0.0787. The number of hydrogen-bond donors (Lipinski definition) is 6. The summed E-state index contributed by atoms with van der Waals surface area (Å²) in [6.07, 6.45) is 16.0. The van der Waals surface area contributed by atoms with Crippen LogP contribution in [0.4, 0.5) is 0 Å². The number of nitrogens with one attached hydrogen (secondary N) is 1. The SMILES string of the molecule is COCCCNCC1=CC2CC3(O)C4(O)CC5CC(C(C)C6CCCC6)CCC6C(O)C7(CCCC7)CC(C=O)(C4CCC3(C)C2(CO)C2=CC(=O)OC12)C56O. The van der Waals surface area contributed by atoms with E-state index in [1.807, 2.05) is 6.92 Å². The molecule has 1 spiro atoms. The van der Waals surface area contributed by atoms with Gasteiger partial charge in [0.1, 0.15) is 18.0 Å². The molecule has 0 bridgehead atoms. The predicted molar refractivity (Wildman–Crippen MR) is 209 cm³/mol. The summed E-state index contributed by atoms with van der Waals surface area (Å²) in [5.74, 6) is -1.31. The van der Waals surface area contributed by atoms with E-state index in [4.69, 9.17) is 9.47 Å². The van der Waals surface area contributed by atoms with E-state index < -0.39 is 80.3 Å². The molecular weight excluding hydrogens is 711 g/mol. The van der Waals surface area contributed by atoms with E-state index in [0.29, 0.717) is 69.2 Å². The number of fused-ring (bicyclic) bond motifs is 8.